The van der Waals surface area contributed by atoms with Gasteiger partial charge >= 0.3 is 0 Å². The van der Waals surface area contributed by atoms with Crippen LogP contribution in [0.25, 0.3) is 0 Å². The molecule has 17 heavy (non-hydrogen) atoms. The molecule has 0 amide bonds. The van der Waals surface area contributed by atoms with Crippen LogP contribution in [0.5, 0.6) is 0 Å². The van der Waals surface area contributed by atoms with Crippen LogP contribution in [0.1, 0.15) is 15.9 Å². The van der Waals surface area contributed by atoms with Gasteiger partial charge in [-0.2, -0.15) is 0 Å². The Morgan fingerprint density at radius 2 is 1.71 bits per heavy atom. The van der Waals surface area contributed by atoms with Crippen molar-refractivity contribution in [3.8, 4) is 0 Å². The number of aryl methyl sites for hydroxylation is 1. The van der Waals surface area contributed by atoms with E-state index in [9.17, 15) is 4.79 Å². The summed E-state index contributed by atoms with van der Waals surface area (Å²) in [6.07, 6.45) is 0.767. The van der Waals surface area contributed by atoms with Gasteiger partial charge in [0.05, 0.1) is 5.02 Å². The van der Waals surface area contributed by atoms with E-state index in [1.807, 2.05) is 12.1 Å². The summed E-state index contributed by atoms with van der Waals surface area (Å²) in [7, 11) is 0. The fourth-order valence-electron chi connectivity index (χ4n) is 1.41. The fraction of sp³-hybridized carbons (Fsp3) is 0.0714. The number of hydrogen-bond donors (Lipinski definition) is 0. The van der Waals surface area contributed by atoms with Crippen molar-refractivity contribution < 1.29 is 4.79 Å². The number of halogens is 1. The van der Waals surface area contributed by atoms with E-state index < -0.39 is 0 Å². The second kappa shape index (κ2) is 5.39. The molecule has 0 saturated carbocycles. The third-order valence-corrected chi connectivity index (χ3v) is 3.68. The summed E-state index contributed by atoms with van der Waals surface area (Å²) < 4.78 is 0. The van der Waals surface area contributed by atoms with Crippen molar-refractivity contribution in [2.75, 3.05) is 0 Å². The molecule has 86 valence electrons. The molecule has 0 bridgehead atoms. The van der Waals surface area contributed by atoms with Crippen LogP contribution < -0.4 is 0 Å². The van der Waals surface area contributed by atoms with Crippen molar-refractivity contribution in [1.29, 1.82) is 0 Å². The molecule has 0 saturated heterocycles. The summed E-state index contributed by atoms with van der Waals surface area (Å²) >= 11 is 7.61. The minimum atomic E-state index is 0.497. The van der Waals surface area contributed by atoms with Gasteiger partial charge in [0.25, 0.3) is 0 Å². The third-order valence-electron chi connectivity index (χ3n) is 2.36. The average Bonchev–Trinajstić information content (AvgIpc) is 2.32. The number of benzene rings is 2. The minimum Gasteiger partial charge on any atom is -0.298 e. The molecule has 0 unspecified atom stereocenters. The monoisotopic (exact) mass is 262 g/mol. The Hall–Kier alpha value is -1.25. The maximum Gasteiger partial charge on any atom is 0.151 e. The lowest BCUT2D eigenvalue weighted by Crippen LogP contribution is -1.82. The van der Waals surface area contributed by atoms with Crippen molar-refractivity contribution in [1.82, 2.24) is 0 Å². The zero-order chi connectivity index (χ0) is 12.3. The predicted octanol–water partition coefficient (Wildman–Crippen LogP) is 4.61. The topological polar surface area (TPSA) is 17.1 Å². The first kappa shape index (κ1) is 12.2. The summed E-state index contributed by atoms with van der Waals surface area (Å²) in [4.78, 5) is 12.8. The Kier molecular flexibility index (Phi) is 3.87. The highest BCUT2D eigenvalue weighted by molar-refractivity contribution is 7.99. The smallest absolute Gasteiger partial charge is 0.151 e. The number of aldehydes is 1. The Balaban J connectivity index is 2.21. The maximum absolute atomic E-state index is 10.6. The van der Waals surface area contributed by atoms with Gasteiger partial charge in [-0.25, -0.2) is 0 Å². The van der Waals surface area contributed by atoms with Gasteiger partial charge in [0.1, 0.15) is 0 Å². The quantitative estimate of drug-likeness (QED) is 0.752. The molecular weight excluding hydrogens is 252 g/mol. The first-order valence-electron chi connectivity index (χ1n) is 5.18. The van der Waals surface area contributed by atoms with Crippen LogP contribution in [-0.4, -0.2) is 6.29 Å². The summed E-state index contributed by atoms with van der Waals surface area (Å²) in [6.45, 7) is 2.06. The molecular formula is C14H11ClOS. The molecule has 3 heteroatoms. The van der Waals surface area contributed by atoms with E-state index in [-0.39, 0.29) is 0 Å². The lowest BCUT2D eigenvalue weighted by atomic mass is 10.2. The molecule has 0 N–H and O–H groups in total. The zero-order valence-electron chi connectivity index (χ0n) is 9.31. The van der Waals surface area contributed by atoms with Gasteiger partial charge in [-0.05, 0) is 37.3 Å². The van der Waals surface area contributed by atoms with E-state index in [2.05, 4.69) is 31.2 Å². The van der Waals surface area contributed by atoms with E-state index in [4.69, 9.17) is 11.6 Å². The average molecular weight is 263 g/mol. The molecule has 0 atom stereocenters. The van der Waals surface area contributed by atoms with Crippen LogP contribution in [0.4, 0.5) is 0 Å². The zero-order valence-corrected chi connectivity index (χ0v) is 10.9. The molecule has 2 aromatic carbocycles. The minimum absolute atomic E-state index is 0.497. The SMILES string of the molecule is Cc1ccc(Sc2ccc(C=O)c(Cl)c2)cc1. The van der Waals surface area contributed by atoms with E-state index in [0.717, 1.165) is 16.1 Å². The van der Waals surface area contributed by atoms with Crippen LogP contribution in [0.3, 0.4) is 0 Å². The van der Waals surface area contributed by atoms with Crippen LogP contribution in [0.2, 0.25) is 5.02 Å². The number of carbonyl (C=O) groups is 1. The summed E-state index contributed by atoms with van der Waals surface area (Å²) in [6, 6.07) is 13.7. The normalized spacial score (nSPS) is 10.2. The number of carbonyl (C=O) groups excluding carboxylic acids is 1. The molecule has 0 spiro atoms. The Morgan fingerprint density at radius 3 is 2.29 bits per heavy atom. The van der Waals surface area contributed by atoms with Crippen molar-refractivity contribution >= 4 is 29.6 Å². The Morgan fingerprint density at radius 1 is 1.06 bits per heavy atom. The third kappa shape index (κ3) is 3.11. The molecule has 0 heterocycles. The number of hydrogen-bond acceptors (Lipinski definition) is 2. The largest absolute Gasteiger partial charge is 0.298 e. The molecule has 0 aliphatic heterocycles. The van der Waals surface area contributed by atoms with Gasteiger partial charge in [0, 0.05) is 15.4 Å². The predicted molar refractivity (Wildman–Crippen MR) is 72.1 cm³/mol. The molecule has 0 fully saturated rings. The lowest BCUT2D eigenvalue weighted by molar-refractivity contribution is 0.112. The molecule has 0 aromatic heterocycles. The maximum atomic E-state index is 10.6. The Bertz CT molecular complexity index is 534. The van der Waals surface area contributed by atoms with E-state index >= 15 is 0 Å². The Labute approximate surface area is 110 Å². The van der Waals surface area contributed by atoms with E-state index in [1.54, 1.807) is 17.8 Å². The lowest BCUT2D eigenvalue weighted by Gasteiger charge is -2.04. The van der Waals surface area contributed by atoms with Gasteiger partial charge in [-0.3, -0.25) is 4.79 Å². The first-order chi connectivity index (χ1) is 8.19. The second-order valence-electron chi connectivity index (χ2n) is 3.72. The van der Waals surface area contributed by atoms with Crippen molar-refractivity contribution in [2.24, 2.45) is 0 Å². The second-order valence-corrected chi connectivity index (χ2v) is 5.27. The van der Waals surface area contributed by atoms with Gasteiger partial charge in [0.2, 0.25) is 0 Å². The molecule has 2 rings (SSSR count). The van der Waals surface area contributed by atoms with Crippen molar-refractivity contribution in [3.63, 3.8) is 0 Å². The highest BCUT2D eigenvalue weighted by Gasteiger charge is 2.02. The van der Waals surface area contributed by atoms with E-state index in [1.165, 1.54) is 5.56 Å². The summed E-state index contributed by atoms with van der Waals surface area (Å²) in [5, 5.41) is 0.497. The molecule has 0 radical (unpaired) electrons. The van der Waals surface area contributed by atoms with Gasteiger partial charge in [0.15, 0.2) is 6.29 Å². The standard InChI is InChI=1S/C14H11ClOS/c1-10-2-5-12(6-3-10)17-13-7-4-11(9-16)14(15)8-13/h2-9H,1H3. The van der Waals surface area contributed by atoms with Gasteiger partial charge in [-0.15, -0.1) is 0 Å². The summed E-state index contributed by atoms with van der Waals surface area (Å²) in [5.41, 5.74) is 1.77. The first-order valence-corrected chi connectivity index (χ1v) is 6.38. The summed E-state index contributed by atoms with van der Waals surface area (Å²) in [5.74, 6) is 0. The molecule has 0 aliphatic rings. The molecule has 2 aromatic rings. The van der Waals surface area contributed by atoms with Crippen molar-refractivity contribution in [2.45, 2.75) is 16.7 Å². The molecule has 0 aliphatic carbocycles. The van der Waals surface area contributed by atoms with E-state index in [0.29, 0.717) is 10.6 Å². The van der Waals surface area contributed by atoms with Gasteiger partial charge < -0.3 is 0 Å². The van der Waals surface area contributed by atoms with Crippen LogP contribution in [-0.2, 0) is 0 Å². The van der Waals surface area contributed by atoms with Gasteiger partial charge in [-0.1, -0.05) is 41.1 Å². The van der Waals surface area contributed by atoms with Crippen LogP contribution in [0, 0.1) is 6.92 Å². The molecule has 1 nitrogen and oxygen atoms in total. The number of rotatable bonds is 3. The highest BCUT2D eigenvalue weighted by atomic mass is 35.5. The highest BCUT2D eigenvalue weighted by Crippen LogP contribution is 2.30. The van der Waals surface area contributed by atoms with Crippen molar-refractivity contribution in [3.05, 3.63) is 58.6 Å². The fourth-order valence-corrected chi connectivity index (χ4v) is 2.56. The van der Waals surface area contributed by atoms with Crippen LogP contribution in [0.15, 0.2) is 52.3 Å². The van der Waals surface area contributed by atoms with Crippen LogP contribution >= 0.6 is 23.4 Å².